The first kappa shape index (κ1) is 17.6. The lowest BCUT2D eigenvalue weighted by molar-refractivity contribution is -0.383. The van der Waals surface area contributed by atoms with E-state index in [1.807, 2.05) is 0 Å². The van der Waals surface area contributed by atoms with Gasteiger partial charge in [0.2, 0.25) is 0 Å². The predicted octanol–water partition coefficient (Wildman–Crippen LogP) is 0.335. The molecule has 0 bridgehead atoms. The lowest BCUT2D eigenvalue weighted by atomic mass is 10.1. The number of nitrogens with one attached hydrogen (secondary N) is 1. The van der Waals surface area contributed by atoms with E-state index in [9.17, 15) is 24.5 Å². The Morgan fingerprint density at radius 1 is 1.26 bits per heavy atom. The van der Waals surface area contributed by atoms with Gasteiger partial charge in [0.25, 0.3) is 11.6 Å². The highest BCUT2D eigenvalue weighted by atomic mass is 16.6. The van der Waals surface area contributed by atoms with Crippen molar-refractivity contribution < 1.29 is 28.8 Å². The minimum atomic E-state index is -0.996. The van der Waals surface area contributed by atoms with Gasteiger partial charge in [0, 0.05) is 6.07 Å². The van der Waals surface area contributed by atoms with Crippen LogP contribution >= 0.6 is 0 Å². The standard InChI is InChI=1S/C13H13N3O7/c1-22-10(17)6-8(13(19)23-2)15-11-7(12(14)18)4-3-5-9(11)16(20)21/h3-6,15H,1-2H3,(H2,14,18)/b8-6+. The molecule has 0 radical (unpaired) electrons. The van der Waals surface area contributed by atoms with Crippen LogP contribution in [0.1, 0.15) is 10.4 Å². The molecule has 0 fully saturated rings. The van der Waals surface area contributed by atoms with Crippen molar-refractivity contribution in [3.8, 4) is 0 Å². The molecular formula is C13H13N3O7. The Bertz CT molecular complexity index is 665. The van der Waals surface area contributed by atoms with Crippen molar-refractivity contribution in [2.45, 2.75) is 0 Å². The lowest BCUT2D eigenvalue weighted by Gasteiger charge is -2.12. The molecule has 1 aromatic carbocycles. The van der Waals surface area contributed by atoms with Gasteiger partial charge < -0.3 is 20.5 Å². The zero-order chi connectivity index (χ0) is 17.6. The number of methoxy groups -OCH3 is 2. The van der Waals surface area contributed by atoms with E-state index in [2.05, 4.69) is 14.8 Å². The van der Waals surface area contributed by atoms with E-state index in [1.165, 1.54) is 12.1 Å². The van der Waals surface area contributed by atoms with Crippen LogP contribution in [0.3, 0.4) is 0 Å². The second-order valence-electron chi connectivity index (χ2n) is 4.02. The average molecular weight is 323 g/mol. The molecule has 1 rings (SSSR count). The van der Waals surface area contributed by atoms with E-state index >= 15 is 0 Å². The smallest absolute Gasteiger partial charge is 0.354 e. The van der Waals surface area contributed by atoms with Gasteiger partial charge in [-0.15, -0.1) is 0 Å². The van der Waals surface area contributed by atoms with Crippen molar-refractivity contribution in [2.75, 3.05) is 19.5 Å². The van der Waals surface area contributed by atoms with E-state index < -0.39 is 34.2 Å². The number of hydrogen-bond acceptors (Lipinski definition) is 8. The summed E-state index contributed by atoms with van der Waals surface area (Å²) in [7, 11) is 2.12. The number of anilines is 1. The Balaban J connectivity index is 3.45. The van der Waals surface area contributed by atoms with Crippen molar-refractivity contribution in [1.82, 2.24) is 0 Å². The van der Waals surface area contributed by atoms with Crippen molar-refractivity contribution in [1.29, 1.82) is 0 Å². The fourth-order valence-electron chi connectivity index (χ4n) is 1.60. The van der Waals surface area contributed by atoms with Crippen LogP contribution in [0.15, 0.2) is 30.0 Å². The van der Waals surface area contributed by atoms with Gasteiger partial charge in [-0.25, -0.2) is 9.59 Å². The molecule has 3 N–H and O–H groups in total. The fourth-order valence-corrected chi connectivity index (χ4v) is 1.60. The van der Waals surface area contributed by atoms with E-state index in [-0.39, 0.29) is 11.3 Å². The molecule has 10 nitrogen and oxygen atoms in total. The molecule has 10 heteroatoms. The molecule has 0 unspecified atom stereocenters. The van der Waals surface area contributed by atoms with Gasteiger partial charge in [-0.1, -0.05) is 6.07 Å². The number of rotatable bonds is 6. The Morgan fingerprint density at radius 3 is 2.39 bits per heavy atom. The van der Waals surface area contributed by atoms with Gasteiger partial charge in [-0.3, -0.25) is 14.9 Å². The minimum absolute atomic E-state index is 0.237. The normalized spacial score (nSPS) is 10.6. The number of para-hydroxylation sites is 1. The number of nitro groups is 1. The highest BCUT2D eigenvalue weighted by Crippen LogP contribution is 2.29. The van der Waals surface area contributed by atoms with Crippen LogP contribution in [0.2, 0.25) is 0 Å². The first-order valence-corrected chi connectivity index (χ1v) is 6.04. The number of carbonyl (C=O) groups excluding carboxylic acids is 3. The van der Waals surface area contributed by atoms with Gasteiger partial charge in [0.1, 0.15) is 11.4 Å². The number of ether oxygens (including phenoxy) is 2. The number of hydrogen-bond donors (Lipinski definition) is 2. The van der Waals surface area contributed by atoms with E-state index in [0.29, 0.717) is 0 Å². The second-order valence-corrected chi connectivity index (χ2v) is 4.02. The molecule has 0 heterocycles. The molecule has 0 spiro atoms. The molecule has 0 aliphatic carbocycles. The summed E-state index contributed by atoms with van der Waals surface area (Å²) in [5.41, 5.74) is 3.61. The largest absolute Gasteiger partial charge is 0.466 e. The van der Waals surface area contributed by atoms with Crippen LogP contribution in [0.4, 0.5) is 11.4 Å². The molecule has 1 aromatic rings. The summed E-state index contributed by atoms with van der Waals surface area (Å²) < 4.78 is 8.85. The van der Waals surface area contributed by atoms with Crippen LogP contribution in [0, 0.1) is 10.1 Å². The summed E-state index contributed by atoms with van der Waals surface area (Å²) in [5, 5.41) is 13.4. The number of amides is 1. The summed E-state index contributed by atoms with van der Waals surface area (Å²) in [6.07, 6.45) is 0.729. The highest BCUT2D eigenvalue weighted by Gasteiger charge is 2.24. The number of benzene rings is 1. The lowest BCUT2D eigenvalue weighted by Crippen LogP contribution is -2.20. The SMILES string of the molecule is COC(=O)/C=C(/Nc1c(C(N)=O)cccc1[N+](=O)[O-])C(=O)OC. The molecule has 0 atom stereocenters. The Morgan fingerprint density at radius 2 is 1.91 bits per heavy atom. The Kier molecular flexibility index (Phi) is 5.78. The third kappa shape index (κ3) is 4.27. The molecule has 0 aliphatic heterocycles. The van der Waals surface area contributed by atoms with Crippen LogP contribution in [0.5, 0.6) is 0 Å². The van der Waals surface area contributed by atoms with Gasteiger partial charge in [-0.05, 0) is 6.07 Å². The molecule has 1 amide bonds. The average Bonchev–Trinajstić information content (AvgIpc) is 2.52. The first-order chi connectivity index (χ1) is 10.8. The van der Waals surface area contributed by atoms with Gasteiger partial charge in [0.05, 0.1) is 30.8 Å². The molecule has 0 saturated heterocycles. The zero-order valence-electron chi connectivity index (χ0n) is 12.2. The number of nitro benzene ring substituents is 1. The first-order valence-electron chi connectivity index (χ1n) is 6.04. The Labute approximate surface area is 130 Å². The number of esters is 2. The second kappa shape index (κ2) is 7.54. The minimum Gasteiger partial charge on any atom is -0.466 e. The Hall–Kier alpha value is -3.43. The van der Waals surface area contributed by atoms with Crippen LogP contribution in [0.25, 0.3) is 0 Å². The molecule has 23 heavy (non-hydrogen) atoms. The number of carbonyl (C=O) groups is 3. The fraction of sp³-hybridized carbons (Fsp3) is 0.154. The van der Waals surface area contributed by atoms with E-state index in [1.54, 1.807) is 0 Å². The van der Waals surface area contributed by atoms with E-state index in [4.69, 9.17) is 5.73 Å². The maximum Gasteiger partial charge on any atom is 0.354 e. The van der Waals surface area contributed by atoms with Crippen molar-refractivity contribution in [2.24, 2.45) is 5.73 Å². The number of nitrogens with zero attached hydrogens (tertiary/aromatic N) is 1. The van der Waals surface area contributed by atoms with Crippen molar-refractivity contribution >= 4 is 29.2 Å². The van der Waals surface area contributed by atoms with E-state index in [0.717, 1.165) is 26.4 Å². The molecular weight excluding hydrogens is 310 g/mol. The maximum atomic E-state index is 11.7. The maximum absolute atomic E-state index is 11.7. The monoisotopic (exact) mass is 323 g/mol. The highest BCUT2D eigenvalue weighted by molar-refractivity contribution is 6.04. The quantitative estimate of drug-likeness (QED) is 0.329. The van der Waals surface area contributed by atoms with Crippen LogP contribution < -0.4 is 11.1 Å². The topological polar surface area (TPSA) is 151 Å². The molecule has 0 aromatic heterocycles. The van der Waals surface area contributed by atoms with Crippen LogP contribution in [-0.4, -0.2) is 37.0 Å². The molecule has 0 aliphatic rings. The van der Waals surface area contributed by atoms with Gasteiger partial charge in [-0.2, -0.15) is 0 Å². The predicted molar refractivity (Wildman–Crippen MR) is 77.4 cm³/mol. The van der Waals surface area contributed by atoms with Crippen LogP contribution in [-0.2, 0) is 19.1 Å². The zero-order valence-corrected chi connectivity index (χ0v) is 12.2. The summed E-state index contributed by atoms with van der Waals surface area (Å²) in [6.45, 7) is 0. The number of primary amides is 1. The third-order valence-electron chi connectivity index (χ3n) is 2.63. The van der Waals surface area contributed by atoms with Crippen molar-refractivity contribution in [3.05, 3.63) is 45.6 Å². The van der Waals surface area contributed by atoms with Gasteiger partial charge in [0.15, 0.2) is 0 Å². The summed E-state index contributed by atoms with van der Waals surface area (Å²) in [4.78, 5) is 44.7. The summed E-state index contributed by atoms with van der Waals surface area (Å²) in [6, 6.07) is 3.58. The molecule has 122 valence electrons. The molecule has 0 saturated carbocycles. The summed E-state index contributed by atoms with van der Waals surface area (Å²) >= 11 is 0. The van der Waals surface area contributed by atoms with Gasteiger partial charge >= 0.3 is 11.9 Å². The number of nitrogens with two attached hydrogens (primary N) is 1. The third-order valence-corrected chi connectivity index (χ3v) is 2.63. The van der Waals surface area contributed by atoms with Crippen molar-refractivity contribution in [3.63, 3.8) is 0 Å². The summed E-state index contributed by atoms with van der Waals surface area (Å²) in [5.74, 6) is -2.86.